The highest BCUT2D eigenvalue weighted by Gasteiger charge is 2.50. The van der Waals surface area contributed by atoms with Crippen LogP contribution in [0.3, 0.4) is 0 Å². The van der Waals surface area contributed by atoms with Gasteiger partial charge in [0.15, 0.2) is 23.3 Å². The molecule has 6 N–H and O–H groups in total. The summed E-state index contributed by atoms with van der Waals surface area (Å²) in [6.45, 7) is 9.03. The van der Waals surface area contributed by atoms with Crippen LogP contribution >= 0.6 is 23.2 Å². The first-order chi connectivity index (χ1) is 32.8. The molecule has 2 saturated carbocycles. The SMILES string of the molecule is Cc1cc2c(N)noc2c(N2CC3CCC2C3NC(=O)c2ccc(-n3cnc(C)n3)cc2Cl)n1.Cc1cc2c(N)noc2c(N2CC3CCC2C3NC(=O)c2ccc(-n3cnc(C)n3)cc2Cl)n1. The lowest BCUT2D eigenvalue weighted by molar-refractivity contribution is 0.0923. The summed E-state index contributed by atoms with van der Waals surface area (Å²) in [6, 6.07) is 14.5. The van der Waals surface area contributed by atoms with E-state index in [4.69, 9.17) is 53.7 Å². The summed E-state index contributed by atoms with van der Waals surface area (Å²) in [5, 5.41) is 25.1. The summed E-state index contributed by atoms with van der Waals surface area (Å²) in [4.78, 5) is 48.6. The van der Waals surface area contributed by atoms with E-state index < -0.39 is 0 Å². The van der Waals surface area contributed by atoms with Crippen molar-refractivity contribution in [2.24, 2.45) is 11.8 Å². The zero-order valence-corrected chi connectivity index (χ0v) is 38.9. The lowest BCUT2D eigenvalue weighted by atomic mass is 10.1. The van der Waals surface area contributed by atoms with Crippen LogP contribution in [0.4, 0.5) is 23.3 Å². The zero-order chi connectivity index (χ0) is 47.1. The van der Waals surface area contributed by atoms with Crippen molar-refractivity contribution in [3.8, 4) is 11.4 Å². The predicted molar refractivity (Wildman–Crippen MR) is 254 cm³/mol. The van der Waals surface area contributed by atoms with Crippen molar-refractivity contribution >= 4 is 80.2 Å². The number of nitrogens with two attached hydrogens (primary N) is 2. The van der Waals surface area contributed by atoms with Gasteiger partial charge < -0.3 is 40.9 Å². The second-order valence-corrected chi connectivity index (χ2v) is 18.8. The molecule has 2 aliphatic carbocycles. The Labute approximate surface area is 398 Å². The van der Waals surface area contributed by atoms with Crippen LogP contribution in [0, 0.1) is 39.5 Å². The Morgan fingerprint density at radius 3 is 1.44 bits per heavy atom. The smallest absolute Gasteiger partial charge is 0.253 e. The molecule has 6 atom stereocenters. The van der Waals surface area contributed by atoms with Gasteiger partial charge in [0.2, 0.25) is 11.2 Å². The lowest BCUT2D eigenvalue weighted by Crippen LogP contribution is -2.44. The molecule has 20 nitrogen and oxygen atoms in total. The molecule has 2 amide bonds. The summed E-state index contributed by atoms with van der Waals surface area (Å²) >= 11 is 13.0. The lowest BCUT2D eigenvalue weighted by Gasteiger charge is -2.28. The number of nitrogens with zero attached hydrogens (tertiary/aromatic N) is 12. The zero-order valence-electron chi connectivity index (χ0n) is 37.4. The number of aryl methyl sites for hydroxylation is 4. The summed E-state index contributed by atoms with van der Waals surface area (Å²) in [7, 11) is 0. The van der Waals surface area contributed by atoms with E-state index in [1.54, 1.807) is 46.3 Å². The number of carbonyl (C=O) groups excluding carboxylic acids is 2. The van der Waals surface area contributed by atoms with Gasteiger partial charge in [-0.15, -0.1) is 0 Å². The van der Waals surface area contributed by atoms with Crippen molar-refractivity contribution in [2.75, 3.05) is 34.4 Å². The minimum Gasteiger partial charge on any atom is -0.380 e. The number of fused-ring (bicyclic) bond motifs is 6. The molecule has 22 heteroatoms. The molecule has 2 aliphatic heterocycles. The number of hydrogen-bond acceptors (Lipinski definition) is 16. The molecule has 4 fully saturated rings. The number of pyridine rings is 2. The van der Waals surface area contributed by atoms with Gasteiger partial charge in [-0.2, -0.15) is 10.2 Å². The second kappa shape index (κ2) is 16.8. The summed E-state index contributed by atoms with van der Waals surface area (Å²) in [5.74, 6) is 3.73. The third-order valence-electron chi connectivity index (χ3n) is 13.6. The first-order valence-electron chi connectivity index (χ1n) is 22.3. The normalized spacial score (nSPS) is 21.5. The number of carbonyl (C=O) groups is 2. The van der Waals surface area contributed by atoms with E-state index in [1.807, 2.05) is 52.0 Å². The van der Waals surface area contributed by atoms with Crippen molar-refractivity contribution in [3.63, 3.8) is 0 Å². The Bertz CT molecular complexity index is 3080. The third-order valence-corrected chi connectivity index (χ3v) is 14.3. The van der Waals surface area contributed by atoms with Gasteiger partial charge in [-0.1, -0.05) is 33.5 Å². The standard InChI is InChI=1S/2C23H23ClN8O2/c2*1-11-7-16-20(34-30-21(16)25)22(27-11)31-9-13-3-6-18(31)19(13)28-23(33)15-5-4-14(8-17(15)24)32-10-26-12(2)29-32/h2*4-5,7-8,10,13,18-19H,3,6,9H2,1-2H3,(H2,25,30)(H,28,33). The maximum absolute atomic E-state index is 13.2. The van der Waals surface area contributed by atoms with E-state index in [1.165, 1.54) is 0 Å². The number of benzene rings is 2. The van der Waals surface area contributed by atoms with Crippen LogP contribution in [0.25, 0.3) is 33.3 Å². The maximum atomic E-state index is 13.2. The van der Waals surface area contributed by atoms with Gasteiger partial charge in [0.1, 0.15) is 24.3 Å². The Hall–Kier alpha value is -7.32. The van der Waals surface area contributed by atoms with Crippen molar-refractivity contribution in [2.45, 2.75) is 77.5 Å². The topological polar surface area (TPSA) is 256 Å². The Morgan fingerprint density at radius 1 is 0.632 bits per heavy atom. The van der Waals surface area contributed by atoms with Gasteiger partial charge in [0, 0.05) is 24.5 Å². The average molecular weight is 958 g/mol. The molecule has 2 saturated heterocycles. The molecule has 12 rings (SSSR count). The highest BCUT2D eigenvalue weighted by Crippen LogP contribution is 2.44. The predicted octanol–water partition coefficient (Wildman–Crippen LogP) is 6.11. The van der Waals surface area contributed by atoms with Gasteiger partial charge >= 0.3 is 0 Å². The molecule has 8 heterocycles. The Morgan fingerprint density at radius 2 is 1.06 bits per heavy atom. The summed E-state index contributed by atoms with van der Waals surface area (Å²) in [6.07, 6.45) is 7.22. The van der Waals surface area contributed by atoms with Gasteiger partial charge in [0.05, 0.1) is 67.5 Å². The number of amides is 2. The van der Waals surface area contributed by atoms with Gasteiger partial charge in [-0.3, -0.25) is 9.59 Å². The number of rotatable bonds is 8. The molecular weight excluding hydrogens is 912 g/mol. The number of hydrogen-bond donors (Lipinski definition) is 4. The fourth-order valence-electron chi connectivity index (χ4n) is 10.5. The van der Waals surface area contributed by atoms with Crippen molar-refractivity contribution in [1.29, 1.82) is 0 Å². The van der Waals surface area contributed by atoms with E-state index in [-0.39, 0.29) is 36.0 Å². The van der Waals surface area contributed by atoms with E-state index in [9.17, 15) is 9.59 Å². The summed E-state index contributed by atoms with van der Waals surface area (Å²) < 4.78 is 14.3. The third kappa shape index (κ3) is 7.56. The van der Waals surface area contributed by atoms with E-state index in [0.717, 1.165) is 83.9 Å². The fourth-order valence-corrected chi connectivity index (χ4v) is 11.0. The van der Waals surface area contributed by atoms with Crippen LogP contribution < -0.4 is 31.9 Å². The fraction of sp³-hybridized carbons (Fsp3) is 0.348. The number of anilines is 4. The second-order valence-electron chi connectivity index (χ2n) is 18.0. The number of piperidine rings is 2. The highest BCUT2D eigenvalue weighted by atomic mass is 35.5. The quantitative estimate of drug-likeness (QED) is 0.134. The number of aromatic nitrogens is 10. The molecule has 0 spiro atoms. The molecule has 6 aromatic heterocycles. The van der Waals surface area contributed by atoms with Gasteiger partial charge in [-0.05, 0) is 114 Å². The monoisotopic (exact) mass is 956 g/mol. The van der Waals surface area contributed by atoms with Crippen LogP contribution in [0.15, 0.2) is 70.2 Å². The number of nitrogens with one attached hydrogen (secondary N) is 2. The first kappa shape index (κ1) is 43.3. The van der Waals surface area contributed by atoms with Crippen LogP contribution in [-0.2, 0) is 0 Å². The molecule has 348 valence electrons. The van der Waals surface area contributed by atoms with Crippen molar-refractivity contribution in [3.05, 3.63) is 105 Å². The van der Waals surface area contributed by atoms with Crippen molar-refractivity contribution < 1.29 is 18.6 Å². The maximum Gasteiger partial charge on any atom is 0.253 e. The molecule has 4 bridgehead atoms. The molecule has 6 unspecified atom stereocenters. The molecule has 4 aliphatic rings. The van der Waals surface area contributed by atoms with E-state index in [0.29, 0.717) is 67.5 Å². The largest absolute Gasteiger partial charge is 0.380 e. The Kier molecular flexibility index (Phi) is 10.7. The number of halogens is 2. The molecule has 0 radical (unpaired) electrons. The van der Waals surface area contributed by atoms with E-state index in [2.05, 4.69) is 50.9 Å². The minimum absolute atomic E-state index is 0.0150. The minimum atomic E-state index is -0.193. The van der Waals surface area contributed by atoms with Crippen LogP contribution in [0.5, 0.6) is 0 Å². The Balaban J connectivity index is 0.000000149. The molecule has 68 heavy (non-hydrogen) atoms. The van der Waals surface area contributed by atoms with Crippen LogP contribution in [-0.4, -0.2) is 98.9 Å². The van der Waals surface area contributed by atoms with Gasteiger partial charge in [-0.25, -0.2) is 29.3 Å². The average Bonchev–Trinajstić information content (AvgIpc) is 4.23. The summed E-state index contributed by atoms with van der Waals surface area (Å²) in [5.41, 5.74) is 17.2. The molecule has 2 aromatic carbocycles. The van der Waals surface area contributed by atoms with Crippen LogP contribution in [0.2, 0.25) is 10.0 Å². The van der Waals surface area contributed by atoms with Crippen LogP contribution in [0.1, 0.15) is 69.4 Å². The molecule has 8 aromatic rings. The van der Waals surface area contributed by atoms with Gasteiger partial charge in [0.25, 0.3) is 11.8 Å². The highest BCUT2D eigenvalue weighted by molar-refractivity contribution is 6.34. The first-order valence-corrected chi connectivity index (χ1v) is 23.1. The van der Waals surface area contributed by atoms with E-state index >= 15 is 0 Å². The number of nitrogen functional groups attached to an aromatic ring is 2. The van der Waals surface area contributed by atoms with Crippen molar-refractivity contribution in [1.82, 2.24) is 60.4 Å². The molecular formula is C46H46Cl2N16O4.